The smallest absolute Gasteiger partial charge is 0.142 e. The molecule has 0 bridgehead atoms. The Balaban J connectivity index is 2.53. The van der Waals surface area contributed by atoms with E-state index in [0.29, 0.717) is 11.1 Å². The first-order valence-electron chi connectivity index (χ1n) is 5.70. The maximum absolute atomic E-state index is 13.5. The summed E-state index contributed by atoms with van der Waals surface area (Å²) < 4.78 is 26.9. The summed E-state index contributed by atoms with van der Waals surface area (Å²) in [5.74, 6) is 4.60. The van der Waals surface area contributed by atoms with E-state index in [1.54, 1.807) is 19.1 Å². The minimum atomic E-state index is -0.572. The Bertz CT molecular complexity index is 582. The average Bonchev–Trinajstić information content (AvgIpc) is 2.34. The second kappa shape index (κ2) is 5.65. The van der Waals surface area contributed by atoms with Gasteiger partial charge in [-0.05, 0) is 41.8 Å². The molecule has 0 heterocycles. The summed E-state index contributed by atoms with van der Waals surface area (Å²) in [5, 5.41) is -0.0210. The highest BCUT2D eigenvalue weighted by Gasteiger charge is 2.18. The van der Waals surface area contributed by atoms with Gasteiger partial charge in [0, 0.05) is 0 Å². The molecule has 2 aromatic carbocycles. The molecule has 2 aromatic rings. The van der Waals surface area contributed by atoms with Crippen molar-refractivity contribution in [3.63, 3.8) is 0 Å². The third kappa shape index (κ3) is 2.92. The molecule has 3 N–H and O–H groups in total. The van der Waals surface area contributed by atoms with Crippen LogP contribution in [0.25, 0.3) is 0 Å². The predicted octanol–water partition coefficient (Wildman–Crippen LogP) is 3.48. The van der Waals surface area contributed by atoms with Gasteiger partial charge in [-0.3, -0.25) is 5.84 Å². The largest absolute Gasteiger partial charge is 0.271 e. The topological polar surface area (TPSA) is 38.0 Å². The molecular formula is C14H13ClF2N2. The third-order valence-corrected chi connectivity index (χ3v) is 3.26. The molecule has 0 saturated heterocycles. The Morgan fingerprint density at radius 3 is 2.58 bits per heavy atom. The number of hydrogen-bond donors (Lipinski definition) is 2. The van der Waals surface area contributed by atoms with Crippen molar-refractivity contribution in [3.8, 4) is 0 Å². The molecule has 0 spiro atoms. The molecule has 0 amide bonds. The number of nitrogens with one attached hydrogen (secondary N) is 1. The lowest BCUT2D eigenvalue weighted by Crippen LogP contribution is -2.29. The van der Waals surface area contributed by atoms with Crippen LogP contribution in [0.2, 0.25) is 5.02 Å². The summed E-state index contributed by atoms with van der Waals surface area (Å²) in [7, 11) is 0. The standard InChI is InChI=1S/C14H13ClF2N2/c1-8-5-9(7-10(16)6-8)14(19-18)11-3-2-4-12(17)13(11)15/h2-7,14,19H,18H2,1H3. The average molecular weight is 283 g/mol. The molecule has 1 unspecified atom stereocenters. The fraction of sp³-hybridized carbons (Fsp3) is 0.143. The van der Waals surface area contributed by atoms with Crippen molar-refractivity contribution in [1.29, 1.82) is 0 Å². The van der Waals surface area contributed by atoms with Crippen LogP contribution >= 0.6 is 11.6 Å². The SMILES string of the molecule is Cc1cc(F)cc(C(NN)c2cccc(F)c2Cl)c1. The number of aryl methyl sites for hydroxylation is 1. The number of nitrogens with two attached hydrogens (primary N) is 1. The maximum Gasteiger partial charge on any atom is 0.142 e. The number of rotatable bonds is 3. The van der Waals surface area contributed by atoms with E-state index in [-0.39, 0.29) is 10.8 Å². The van der Waals surface area contributed by atoms with Gasteiger partial charge in [0.15, 0.2) is 0 Å². The number of benzene rings is 2. The monoisotopic (exact) mass is 282 g/mol. The van der Waals surface area contributed by atoms with E-state index in [4.69, 9.17) is 17.4 Å². The quantitative estimate of drug-likeness (QED) is 0.668. The van der Waals surface area contributed by atoms with Crippen LogP contribution in [0, 0.1) is 18.6 Å². The summed E-state index contributed by atoms with van der Waals surface area (Å²) in [6.07, 6.45) is 0. The Morgan fingerprint density at radius 1 is 1.21 bits per heavy atom. The normalized spacial score (nSPS) is 12.5. The molecule has 100 valence electrons. The third-order valence-electron chi connectivity index (χ3n) is 2.86. The fourth-order valence-electron chi connectivity index (χ4n) is 2.04. The van der Waals surface area contributed by atoms with E-state index in [9.17, 15) is 8.78 Å². The summed E-state index contributed by atoms with van der Waals surface area (Å²) >= 11 is 5.93. The Hall–Kier alpha value is -1.49. The van der Waals surface area contributed by atoms with E-state index in [0.717, 1.165) is 5.56 Å². The molecule has 0 aliphatic rings. The van der Waals surface area contributed by atoms with E-state index in [1.807, 2.05) is 0 Å². The van der Waals surface area contributed by atoms with E-state index in [1.165, 1.54) is 24.3 Å². The highest BCUT2D eigenvalue weighted by Crippen LogP contribution is 2.30. The number of hydrogen-bond acceptors (Lipinski definition) is 2. The fourth-order valence-corrected chi connectivity index (χ4v) is 2.28. The maximum atomic E-state index is 13.5. The van der Waals surface area contributed by atoms with Crippen LogP contribution in [0.5, 0.6) is 0 Å². The lowest BCUT2D eigenvalue weighted by Gasteiger charge is -2.19. The van der Waals surface area contributed by atoms with E-state index < -0.39 is 11.9 Å². The first-order chi connectivity index (χ1) is 9.02. The van der Waals surface area contributed by atoms with Gasteiger partial charge in [0.05, 0.1) is 11.1 Å². The van der Waals surface area contributed by atoms with Gasteiger partial charge in [0.2, 0.25) is 0 Å². The van der Waals surface area contributed by atoms with E-state index >= 15 is 0 Å². The second-order valence-electron chi connectivity index (χ2n) is 4.30. The molecule has 0 fully saturated rings. The van der Waals surface area contributed by atoms with Gasteiger partial charge in [-0.15, -0.1) is 0 Å². The van der Waals surface area contributed by atoms with Crippen LogP contribution in [0.4, 0.5) is 8.78 Å². The molecule has 2 rings (SSSR count). The van der Waals surface area contributed by atoms with Gasteiger partial charge in [-0.2, -0.15) is 0 Å². The Labute approximate surface area is 115 Å². The first kappa shape index (κ1) is 13.9. The van der Waals surface area contributed by atoms with Crippen molar-refractivity contribution >= 4 is 11.6 Å². The first-order valence-corrected chi connectivity index (χ1v) is 6.08. The molecule has 0 aromatic heterocycles. The van der Waals surface area contributed by atoms with E-state index in [2.05, 4.69) is 5.43 Å². The van der Waals surface area contributed by atoms with Crippen LogP contribution in [-0.4, -0.2) is 0 Å². The molecular weight excluding hydrogens is 270 g/mol. The van der Waals surface area contributed by atoms with Gasteiger partial charge in [0.1, 0.15) is 11.6 Å². The van der Waals surface area contributed by atoms with Gasteiger partial charge < -0.3 is 0 Å². The molecule has 2 nitrogen and oxygen atoms in total. The van der Waals surface area contributed by atoms with Crippen LogP contribution in [-0.2, 0) is 0 Å². The number of halogens is 3. The van der Waals surface area contributed by atoms with Crippen molar-refractivity contribution < 1.29 is 8.78 Å². The Kier molecular flexibility index (Phi) is 4.14. The zero-order valence-electron chi connectivity index (χ0n) is 10.3. The van der Waals surface area contributed by atoms with Crippen molar-refractivity contribution in [2.75, 3.05) is 0 Å². The minimum Gasteiger partial charge on any atom is -0.271 e. The summed E-state index contributed by atoms with van der Waals surface area (Å²) in [6, 6.07) is 8.40. The molecule has 1 atom stereocenters. The molecule has 0 aliphatic carbocycles. The highest BCUT2D eigenvalue weighted by molar-refractivity contribution is 6.31. The van der Waals surface area contributed by atoms with Crippen molar-refractivity contribution in [2.45, 2.75) is 13.0 Å². The lowest BCUT2D eigenvalue weighted by molar-refractivity contribution is 0.594. The van der Waals surface area contributed by atoms with Crippen LogP contribution in [0.3, 0.4) is 0 Å². The van der Waals surface area contributed by atoms with Crippen molar-refractivity contribution in [2.24, 2.45) is 5.84 Å². The van der Waals surface area contributed by atoms with Gasteiger partial charge >= 0.3 is 0 Å². The number of hydrazine groups is 1. The minimum absolute atomic E-state index is 0.0210. The summed E-state index contributed by atoms with van der Waals surface area (Å²) in [5.41, 5.74) is 4.35. The van der Waals surface area contributed by atoms with Gasteiger partial charge in [-0.1, -0.05) is 29.8 Å². The van der Waals surface area contributed by atoms with Crippen molar-refractivity contribution in [1.82, 2.24) is 5.43 Å². The summed E-state index contributed by atoms with van der Waals surface area (Å²) in [6.45, 7) is 1.77. The molecule has 0 radical (unpaired) electrons. The summed E-state index contributed by atoms with van der Waals surface area (Å²) in [4.78, 5) is 0. The molecule has 0 saturated carbocycles. The van der Waals surface area contributed by atoms with Crippen LogP contribution < -0.4 is 11.3 Å². The van der Waals surface area contributed by atoms with Crippen LogP contribution in [0.15, 0.2) is 36.4 Å². The zero-order chi connectivity index (χ0) is 14.0. The van der Waals surface area contributed by atoms with Crippen molar-refractivity contribution in [3.05, 3.63) is 69.7 Å². The second-order valence-corrected chi connectivity index (χ2v) is 4.68. The molecule has 5 heteroatoms. The highest BCUT2D eigenvalue weighted by atomic mass is 35.5. The zero-order valence-corrected chi connectivity index (χ0v) is 11.0. The predicted molar refractivity (Wildman–Crippen MR) is 71.7 cm³/mol. The van der Waals surface area contributed by atoms with Gasteiger partial charge in [-0.25, -0.2) is 14.2 Å². The van der Waals surface area contributed by atoms with Crippen LogP contribution in [0.1, 0.15) is 22.7 Å². The molecule has 0 aliphatic heterocycles. The lowest BCUT2D eigenvalue weighted by atomic mass is 9.97. The Morgan fingerprint density at radius 2 is 1.95 bits per heavy atom. The molecule has 19 heavy (non-hydrogen) atoms. The van der Waals surface area contributed by atoms with Gasteiger partial charge in [0.25, 0.3) is 0 Å².